The van der Waals surface area contributed by atoms with E-state index >= 15 is 0 Å². The lowest BCUT2D eigenvalue weighted by atomic mass is 10.1. The summed E-state index contributed by atoms with van der Waals surface area (Å²) in [6, 6.07) is 4.62. The molecule has 1 aliphatic heterocycles. The normalized spacial score (nSPS) is 15.0. The van der Waals surface area contributed by atoms with E-state index in [1.165, 1.54) is 17.4 Å². The molecule has 2 aromatic rings. The van der Waals surface area contributed by atoms with Crippen LogP contribution in [0.5, 0.6) is 0 Å². The van der Waals surface area contributed by atoms with Gasteiger partial charge in [-0.05, 0) is 32.0 Å². The van der Waals surface area contributed by atoms with Crippen molar-refractivity contribution >= 4 is 33.8 Å². The maximum absolute atomic E-state index is 12.6. The van der Waals surface area contributed by atoms with Crippen LogP contribution in [0.2, 0.25) is 0 Å². The second-order valence-corrected chi connectivity index (χ2v) is 8.17. The van der Waals surface area contributed by atoms with Crippen LogP contribution in [-0.2, 0) is 0 Å². The smallest absolute Gasteiger partial charge is 0.293 e. The highest BCUT2D eigenvalue weighted by Gasteiger charge is 2.24. The maximum Gasteiger partial charge on any atom is 0.293 e. The number of nitro groups is 1. The Morgan fingerprint density at radius 3 is 2.55 bits per heavy atom. The van der Waals surface area contributed by atoms with Crippen molar-refractivity contribution in [3.63, 3.8) is 0 Å². The first-order valence-electron chi connectivity index (χ1n) is 9.79. The summed E-state index contributed by atoms with van der Waals surface area (Å²) in [6.07, 6.45) is 1.91. The molecule has 0 atom stereocenters. The number of rotatable bonds is 7. The minimum atomic E-state index is -0.430. The summed E-state index contributed by atoms with van der Waals surface area (Å²) in [7, 11) is 2.03. The molecule has 29 heavy (non-hydrogen) atoms. The van der Waals surface area contributed by atoms with Gasteiger partial charge in [0.15, 0.2) is 0 Å². The van der Waals surface area contributed by atoms with Gasteiger partial charge in [-0.1, -0.05) is 25.2 Å². The van der Waals surface area contributed by atoms with E-state index in [-0.39, 0.29) is 11.3 Å². The Bertz CT molecular complexity index is 875. The Hall–Kier alpha value is -2.59. The summed E-state index contributed by atoms with van der Waals surface area (Å²) < 4.78 is 0. The maximum atomic E-state index is 12.6. The van der Waals surface area contributed by atoms with Gasteiger partial charge < -0.3 is 9.80 Å². The van der Waals surface area contributed by atoms with Crippen LogP contribution in [0.25, 0.3) is 0 Å². The van der Waals surface area contributed by atoms with Gasteiger partial charge in [0.05, 0.1) is 4.92 Å². The number of nitro benzene ring substituents is 1. The number of hydrogen-bond acceptors (Lipinski definition) is 8. The molecule has 9 nitrogen and oxygen atoms in total. The van der Waals surface area contributed by atoms with E-state index in [4.69, 9.17) is 0 Å². The number of likely N-dealkylation sites (N-methyl/N-ethyl adjacent to an activating group) is 1. The Kier molecular flexibility index (Phi) is 6.75. The summed E-state index contributed by atoms with van der Waals surface area (Å²) in [5.74, 6) is -0.104. The number of carbonyl (C=O) groups excluding carboxylic acids is 1. The first-order chi connectivity index (χ1) is 13.9. The molecule has 1 aromatic carbocycles. The van der Waals surface area contributed by atoms with Crippen molar-refractivity contribution in [1.29, 1.82) is 0 Å². The van der Waals surface area contributed by atoms with Gasteiger partial charge in [-0.2, -0.15) is 0 Å². The fourth-order valence-electron chi connectivity index (χ4n) is 3.38. The molecule has 3 rings (SSSR count). The molecular weight excluding hydrogens is 392 g/mol. The van der Waals surface area contributed by atoms with E-state index in [0.29, 0.717) is 29.8 Å². The Morgan fingerprint density at radius 1 is 1.24 bits per heavy atom. The number of benzene rings is 1. The third-order valence-corrected chi connectivity index (χ3v) is 6.28. The third kappa shape index (κ3) is 4.88. The molecule has 0 spiro atoms. The number of aromatic nitrogens is 2. The molecule has 1 saturated heterocycles. The monoisotopic (exact) mass is 418 g/mol. The van der Waals surface area contributed by atoms with E-state index in [1.54, 1.807) is 12.1 Å². The fraction of sp³-hybridized carbons (Fsp3) is 0.526. The number of anilines is 2. The quantitative estimate of drug-likeness (QED) is 0.543. The zero-order chi connectivity index (χ0) is 21.0. The molecule has 1 fully saturated rings. The highest BCUT2D eigenvalue weighted by Crippen LogP contribution is 2.31. The van der Waals surface area contributed by atoms with Gasteiger partial charge in [0, 0.05) is 43.7 Å². The van der Waals surface area contributed by atoms with Gasteiger partial charge in [0.2, 0.25) is 5.13 Å². The Morgan fingerprint density at radius 2 is 1.93 bits per heavy atom. The van der Waals surface area contributed by atoms with Crippen LogP contribution in [0.15, 0.2) is 18.2 Å². The molecule has 156 valence electrons. The summed E-state index contributed by atoms with van der Waals surface area (Å²) in [6.45, 7) is 7.30. The van der Waals surface area contributed by atoms with E-state index in [1.807, 2.05) is 11.9 Å². The van der Waals surface area contributed by atoms with Gasteiger partial charge in [-0.3, -0.25) is 20.2 Å². The fourth-order valence-corrected chi connectivity index (χ4v) is 4.39. The lowest BCUT2D eigenvalue weighted by Gasteiger charge is -2.33. The average molecular weight is 419 g/mol. The second-order valence-electron chi connectivity index (χ2n) is 7.16. The third-order valence-electron chi connectivity index (χ3n) is 5.27. The molecule has 1 amide bonds. The molecule has 10 heteroatoms. The predicted octanol–water partition coefficient (Wildman–Crippen LogP) is 3.35. The van der Waals surface area contributed by atoms with Crippen molar-refractivity contribution in [3.05, 3.63) is 38.9 Å². The van der Waals surface area contributed by atoms with Gasteiger partial charge in [0.25, 0.3) is 11.6 Å². The van der Waals surface area contributed by atoms with Crippen LogP contribution < -0.4 is 10.2 Å². The minimum Gasteiger partial charge on any atom is -0.363 e. The van der Waals surface area contributed by atoms with Crippen molar-refractivity contribution in [1.82, 2.24) is 15.1 Å². The summed E-state index contributed by atoms with van der Waals surface area (Å²) >= 11 is 1.35. The molecule has 1 N–H and O–H groups in total. The predicted molar refractivity (Wildman–Crippen MR) is 114 cm³/mol. The van der Waals surface area contributed by atoms with E-state index in [2.05, 4.69) is 34.3 Å². The molecule has 1 aliphatic rings. The first kappa shape index (κ1) is 21.1. The number of hydrogen-bond donors (Lipinski definition) is 1. The Labute approximate surface area is 173 Å². The van der Waals surface area contributed by atoms with Gasteiger partial charge >= 0.3 is 0 Å². The van der Waals surface area contributed by atoms with Gasteiger partial charge in [-0.25, -0.2) is 0 Å². The topological polar surface area (TPSA) is 104 Å². The minimum absolute atomic E-state index is 0.0582. The highest BCUT2D eigenvalue weighted by atomic mass is 32.1. The van der Waals surface area contributed by atoms with Gasteiger partial charge in [-0.15, -0.1) is 10.2 Å². The molecule has 0 unspecified atom stereocenters. The number of nitrogens with one attached hydrogen (secondary N) is 1. The van der Waals surface area contributed by atoms with Gasteiger partial charge in [0.1, 0.15) is 10.7 Å². The molecule has 0 saturated carbocycles. The molecule has 2 heterocycles. The van der Waals surface area contributed by atoms with Crippen molar-refractivity contribution < 1.29 is 9.72 Å². The second kappa shape index (κ2) is 9.27. The SMILES string of the molecule is CCC(CC)c1nnc(NC(=O)c2ccc(N3CCN(C)CC3)c([N+](=O)[O-])c2)s1. The number of nitrogens with zero attached hydrogens (tertiary/aromatic N) is 5. The van der Waals surface area contributed by atoms with Crippen molar-refractivity contribution in [2.45, 2.75) is 32.6 Å². The molecule has 0 aliphatic carbocycles. The standard InChI is InChI=1S/C19H26N6O3S/c1-4-13(5-2)18-21-22-19(29-18)20-17(26)14-6-7-15(16(12-14)25(27)28)24-10-8-23(3)9-11-24/h6-7,12-13H,4-5,8-11H2,1-3H3,(H,20,22,26). The number of amides is 1. The largest absolute Gasteiger partial charge is 0.363 e. The van der Waals surface area contributed by atoms with E-state index < -0.39 is 10.8 Å². The van der Waals surface area contributed by atoms with Crippen LogP contribution in [-0.4, -0.2) is 59.2 Å². The van der Waals surface area contributed by atoms with Crippen molar-refractivity contribution in [3.8, 4) is 0 Å². The zero-order valence-electron chi connectivity index (χ0n) is 16.9. The van der Waals surface area contributed by atoms with Crippen LogP contribution in [0.3, 0.4) is 0 Å². The molecular formula is C19H26N6O3S. The van der Waals surface area contributed by atoms with Crippen molar-refractivity contribution in [2.24, 2.45) is 0 Å². The molecule has 0 bridgehead atoms. The number of piperazine rings is 1. The van der Waals surface area contributed by atoms with Crippen molar-refractivity contribution in [2.75, 3.05) is 43.4 Å². The van der Waals surface area contributed by atoms with Crippen LogP contribution in [0, 0.1) is 10.1 Å². The number of carbonyl (C=O) groups is 1. The molecule has 0 radical (unpaired) electrons. The van der Waals surface area contributed by atoms with Crippen LogP contribution >= 0.6 is 11.3 Å². The highest BCUT2D eigenvalue weighted by molar-refractivity contribution is 7.15. The summed E-state index contributed by atoms with van der Waals surface area (Å²) in [5, 5.41) is 23.8. The lowest BCUT2D eigenvalue weighted by molar-refractivity contribution is -0.384. The summed E-state index contributed by atoms with van der Waals surface area (Å²) in [4.78, 5) is 28.0. The van der Waals surface area contributed by atoms with Crippen LogP contribution in [0.4, 0.5) is 16.5 Å². The lowest BCUT2D eigenvalue weighted by Crippen LogP contribution is -2.44. The van der Waals surface area contributed by atoms with E-state index in [9.17, 15) is 14.9 Å². The molecule has 1 aromatic heterocycles. The van der Waals surface area contributed by atoms with E-state index in [0.717, 1.165) is 30.9 Å². The summed E-state index contributed by atoms with van der Waals surface area (Å²) in [5.41, 5.74) is 0.720. The average Bonchev–Trinajstić information content (AvgIpc) is 3.17. The Balaban J connectivity index is 1.77. The van der Waals surface area contributed by atoms with Crippen LogP contribution in [0.1, 0.15) is 48.0 Å². The first-order valence-corrected chi connectivity index (χ1v) is 10.6. The zero-order valence-corrected chi connectivity index (χ0v) is 17.7.